The van der Waals surface area contributed by atoms with Crippen LogP contribution >= 0.6 is 28.6 Å². The van der Waals surface area contributed by atoms with E-state index in [1.807, 2.05) is 30.0 Å². The number of rotatable bonds is 8. The average molecular weight is 373 g/mol. The molecule has 5 heteroatoms. The van der Waals surface area contributed by atoms with Crippen LogP contribution in [0.5, 0.6) is 0 Å². The van der Waals surface area contributed by atoms with Crippen LogP contribution in [0.3, 0.4) is 0 Å². The predicted molar refractivity (Wildman–Crippen MR) is 95.4 cm³/mol. The Morgan fingerprint density at radius 1 is 1.14 bits per heavy atom. The Bertz CT molecular complexity index is 464. The lowest BCUT2D eigenvalue weighted by Gasteiger charge is -2.24. The lowest BCUT2D eigenvalue weighted by atomic mass is 10.2. The van der Waals surface area contributed by atoms with E-state index in [2.05, 4.69) is 47.3 Å². The van der Waals surface area contributed by atoms with Gasteiger partial charge in [0, 0.05) is 22.5 Å². The SMILES string of the molecule is CCN(CC)CCCN(CC)C(=O)c1cc(S)ccc1Br. The minimum Gasteiger partial charge on any atom is -0.339 e. The van der Waals surface area contributed by atoms with Crippen LogP contribution in [-0.2, 0) is 0 Å². The number of hydrogen-bond donors (Lipinski definition) is 1. The quantitative estimate of drug-likeness (QED) is 0.698. The normalized spacial score (nSPS) is 11.0. The fraction of sp³-hybridized carbons (Fsp3) is 0.562. The number of halogens is 1. The molecule has 0 saturated heterocycles. The van der Waals surface area contributed by atoms with Crippen molar-refractivity contribution in [3.63, 3.8) is 0 Å². The summed E-state index contributed by atoms with van der Waals surface area (Å²) in [7, 11) is 0. The Hall–Kier alpha value is -0.520. The highest BCUT2D eigenvalue weighted by Gasteiger charge is 2.17. The fourth-order valence-electron chi connectivity index (χ4n) is 2.28. The van der Waals surface area contributed by atoms with Crippen molar-refractivity contribution in [3.8, 4) is 0 Å². The maximum absolute atomic E-state index is 12.6. The highest BCUT2D eigenvalue weighted by Crippen LogP contribution is 2.22. The summed E-state index contributed by atoms with van der Waals surface area (Å²) in [6.07, 6.45) is 0.999. The molecule has 1 aromatic rings. The van der Waals surface area contributed by atoms with E-state index in [9.17, 15) is 4.79 Å². The van der Waals surface area contributed by atoms with Crippen molar-refractivity contribution in [2.75, 3.05) is 32.7 Å². The number of hydrogen-bond acceptors (Lipinski definition) is 3. The van der Waals surface area contributed by atoms with Crippen LogP contribution in [0.1, 0.15) is 37.6 Å². The van der Waals surface area contributed by atoms with Gasteiger partial charge in [0.15, 0.2) is 0 Å². The lowest BCUT2D eigenvalue weighted by Crippen LogP contribution is -2.34. The summed E-state index contributed by atoms with van der Waals surface area (Å²) in [5.41, 5.74) is 0.687. The molecule has 3 nitrogen and oxygen atoms in total. The van der Waals surface area contributed by atoms with E-state index in [0.717, 1.165) is 48.5 Å². The van der Waals surface area contributed by atoms with Crippen molar-refractivity contribution in [2.45, 2.75) is 32.1 Å². The van der Waals surface area contributed by atoms with Gasteiger partial charge in [0.1, 0.15) is 0 Å². The van der Waals surface area contributed by atoms with Gasteiger partial charge in [-0.2, -0.15) is 0 Å². The van der Waals surface area contributed by atoms with E-state index in [4.69, 9.17) is 0 Å². The first-order valence-corrected chi connectivity index (χ1v) is 8.77. The first-order chi connectivity index (χ1) is 10.0. The van der Waals surface area contributed by atoms with Crippen LogP contribution in [0.15, 0.2) is 27.6 Å². The van der Waals surface area contributed by atoms with Crippen LogP contribution in [0.4, 0.5) is 0 Å². The molecular weight excluding hydrogens is 348 g/mol. The van der Waals surface area contributed by atoms with Crippen LogP contribution in [0.2, 0.25) is 0 Å². The number of nitrogens with zero attached hydrogens (tertiary/aromatic N) is 2. The van der Waals surface area contributed by atoms with Gasteiger partial charge in [-0.1, -0.05) is 13.8 Å². The minimum absolute atomic E-state index is 0.0693. The van der Waals surface area contributed by atoms with Crippen molar-refractivity contribution in [2.24, 2.45) is 0 Å². The second kappa shape index (κ2) is 9.49. The molecule has 0 saturated carbocycles. The second-order valence-electron chi connectivity index (χ2n) is 4.93. The minimum atomic E-state index is 0.0693. The van der Waals surface area contributed by atoms with E-state index >= 15 is 0 Å². The number of carbonyl (C=O) groups excluding carboxylic acids is 1. The average Bonchev–Trinajstić information content (AvgIpc) is 2.49. The third-order valence-electron chi connectivity index (χ3n) is 3.65. The fourth-order valence-corrected chi connectivity index (χ4v) is 2.90. The van der Waals surface area contributed by atoms with E-state index in [1.165, 1.54) is 0 Å². The van der Waals surface area contributed by atoms with E-state index in [-0.39, 0.29) is 5.91 Å². The van der Waals surface area contributed by atoms with E-state index in [1.54, 1.807) is 0 Å². The molecule has 0 radical (unpaired) electrons. The van der Waals surface area contributed by atoms with Crippen molar-refractivity contribution in [1.82, 2.24) is 9.80 Å². The van der Waals surface area contributed by atoms with Crippen molar-refractivity contribution < 1.29 is 4.79 Å². The summed E-state index contributed by atoms with van der Waals surface area (Å²) in [6, 6.07) is 5.57. The van der Waals surface area contributed by atoms with Gasteiger partial charge >= 0.3 is 0 Å². The van der Waals surface area contributed by atoms with Gasteiger partial charge in [0.2, 0.25) is 0 Å². The third-order valence-corrected chi connectivity index (χ3v) is 4.62. The predicted octanol–water partition coefficient (Wildman–Crippen LogP) is 3.93. The molecule has 0 N–H and O–H groups in total. The van der Waals surface area contributed by atoms with Gasteiger partial charge in [-0.25, -0.2) is 0 Å². The molecule has 1 rings (SSSR count). The molecule has 0 heterocycles. The molecule has 0 unspecified atom stereocenters. The Kier molecular flexibility index (Phi) is 8.37. The first-order valence-electron chi connectivity index (χ1n) is 7.53. The van der Waals surface area contributed by atoms with Crippen molar-refractivity contribution in [3.05, 3.63) is 28.2 Å². The molecule has 118 valence electrons. The highest BCUT2D eigenvalue weighted by molar-refractivity contribution is 9.10. The first kappa shape index (κ1) is 18.5. The molecular formula is C16H25BrN2OS. The Balaban J connectivity index is 2.67. The molecule has 0 fully saturated rings. The molecule has 0 spiro atoms. The maximum Gasteiger partial charge on any atom is 0.255 e. The zero-order valence-corrected chi connectivity index (χ0v) is 15.6. The zero-order valence-electron chi connectivity index (χ0n) is 13.1. The number of carbonyl (C=O) groups is 1. The molecule has 0 aliphatic heterocycles. The van der Waals surface area contributed by atoms with Gasteiger partial charge in [-0.15, -0.1) is 12.6 Å². The molecule has 0 aromatic heterocycles. The highest BCUT2D eigenvalue weighted by atomic mass is 79.9. The summed E-state index contributed by atoms with van der Waals surface area (Å²) in [5.74, 6) is 0.0693. The standard InChI is InChI=1S/C16H25BrN2OS/c1-4-18(5-2)10-7-11-19(6-3)16(20)14-12-13(21)8-9-15(14)17/h8-9,12,21H,4-7,10-11H2,1-3H3. The number of thiol groups is 1. The van der Waals surface area contributed by atoms with Gasteiger partial charge < -0.3 is 9.80 Å². The second-order valence-corrected chi connectivity index (χ2v) is 6.30. The molecule has 1 aromatic carbocycles. The molecule has 1 amide bonds. The molecule has 0 bridgehead atoms. The molecule has 21 heavy (non-hydrogen) atoms. The van der Waals surface area contributed by atoms with Gasteiger partial charge in [-0.3, -0.25) is 4.79 Å². The molecule has 0 aliphatic carbocycles. The topological polar surface area (TPSA) is 23.6 Å². The smallest absolute Gasteiger partial charge is 0.255 e. The third kappa shape index (κ3) is 5.64. The van der Waals surface area contributed by atoms with Crippen LogP contribution in [0, 0.1) is 0 Å². The zero-order chi connectivity index (χ0) is 15.8. The van der Waals surface area contributed by atoms with Gasteiger partial charge in [0.05, 0.1) is 5.56 Å². The summed E-state index contributed by atoms with van der Waals surface area (Å²) in [6.45, 7) is 11.0. The number of benzene rings is 1. The van der Waals surface area contributed by atoms with Gasteiger partial charge in [0.25, 0.3) is 5.91 Å². The van der Waals surface area contributed by atoms with Crippen molar-refractivity contribution in [1.29, 1.82) is 0 Å². The largest absolute Gasteiger partial charge is 0.339 e. The summed E-state index contributed by atoms with van der Waals surface area (Å²) < 4.78 is 0.826. The summed E-state index contributed by atoms with van der Waals surface area (Å²) >= 11 is 7.77. The maximum atomic E-state index is 12.6. The molecule has 0 atom stereocenters. The van der Waals surface area contributed by atoms with Gasteiger partial charge in [-0.05, 0) is 67.1 Å². The monoisotopic (exact) mass is 372 g/mol. The lowest BCUT2D eigenvalue weighted by molar-refractivity contribution is 0.0756. The summed E-state index contributed by atoms with van der Waals surface area (Å²) in [5, 5.41) is 0. The Morgan fingerprint density at radius 3 is 2.38 bits per heavy atom. The van der Waals surface area contributed by atoms with E-state index < -0.39 is 0 Å². The van der Waals surface area contributed by atoms with Crippen LogP contribution < -0.4 is 0 Å². The number of amides is 1. The molecule has 0 aliphatic rings. The van der Waals surface area contributed by atoms with Crippen molar-refractivity contribution >= 4 is 34.5 Å². The van der Waals surface area contributed by atoms with Crippen LogP contribution in [0.25, 0.3) is 0 Å². The summed E-state index contributed by atoms with van der Waals surface area (Å²) in [4.78, 5) is 17.7. The van der Waals surface area contributed by atoms with E-state index in [0.29, 0.717) is 5.56 Å². The Labute approximate surface area is 142 Å². The Morgan fingerprint density at radius 2 is 1.81 bits per heavy atom. The van der Waals surface area contributed by atoms with Crippen LogP contribution in [-0.4, -0.2) is 48.4 Å².